The maximum absolute atomic E-state index is 12.9. The molecule has 0 unspecified atom stereocenters. The number of nitrogens with one attached hydrogen (secondary N) is 1. The van der Waals surface area contributed by atoms with Crippen molar-refractivity contribution in [2.45, 2.75) is 13.8 Å². The molecule has 4 rings (SSSR count). The van der Waals surface area contributed by atoms with Crippen LogP contribution in [0.3, 0.4) is 0 Å². The summed E-state index contributed by atoms with van der Waals surface area (Å²) in [6.45, 7) is 3.58. The fourth-order valence-corrected chi connectivity index (χ4v) is 3.11. The van der Waals surface area contributed by atoms with E-state index < -0.39 is 0 Å². The number of aryl methyl sites for hydroxylation is 2. The van der Waals surface area contributed by atoms with E-state index >= 15 is 0 Å². The minimum absolute atomic E-state index is 0.304. The fourth-order valence-electron chi connectivity index (χ4n) is 3.11. The number of anilines is 1. The highest BCUT2D eigenvalue weighted by Crippen LogP contribution is 2.34. The van der Waals surface area contributed by atoms with Crippen LogP contribution in [0.5, 0.6) is 0 Å². The van der Waals surface area contributed by atoms with Crippen molar-refractivity contribution >= 4 is 28.3 Å². The van der Waals surface area contributed by atoms with Crippen LogP contribution in [0.2, 0.25) is 0 Å². The molecule has 0 spiro atoms. The summed E-state index contributed by atoms with van der Waals surface area (Å²) < 4.78 is 0. The van der Waals surface area contributed by atoms with Gasteiger partial charge in [0, 0.05) is 16.5 Å². The van der Waals surface area contributed by atoms with E-state index in [2.05, 4.69) is 10.2 Å². The number of hydrogen-bond acceptors (Lipinski definition) is 3. The molecule has 2 heterocycles. The molecule has 0 bridgehead atoms. The van der Waals surface area contributed by atoms with Gasteiger partial charge in [-0.2, -0.15) is 5.10 Å². The first-order valence-electron chi connectivity index (χ1n) is 7.01. The number of imide groups is 1. The van der Waals surface area contributed by atoms with Crippen LogP contribution >= 0.6 is 0 Å². The van der Waals surface area contributed by atoms with Crippen molar-refractivity contribution in [1.82, 2.24) is 10.2 Å². The number of rotatable bonds is 1. The predicted molar refractivity (Wildman–Crippen MR) is 83.1 cm³/mol. The number of aromatic nitrogens is 2. The first-order chi connectivity index (χ1) is 10.6. The molecule has 2 aromatic carbocycles. The van der Waals surface area contributed by atoms with Crippen molar-refractivity contribution in [3.8, 4) is 0 Å². The Hall–Kier alpha value is -2.95. The molecule has 1 N–H and O–H groups in total. The van der Waals surface area contributed by atoms with Gasteiger partial charge in [-0.25, -0.2) is 4.90 Å². The van der Waals surface area contributed by atoms with Crippen LogP contribution in [0, 0.1) is 13.8 Å². The van der Waals surface area contributed by atoms with Gasteiger partial charge < -0.3 is 0 Å². The van der Waals surface area contributed by atoms with Crippen LogP contribution in [0.4, 0.5) is 5.69 Å². The number of hydrogen-bond donors (Lipinski definition) is 1. The Labute approximate surface area is 126 Å². The highest BCUT2D eigenvalue weighted by molar-refractivity contribution is 6.36. The molecule has 3 aromatic rings. The van der Waals surface area contributed by atoms with Crippen molar-refractivity contribution in [1.29, 1.82) is 0 Å². The molecule has 0 fully saturated rings. The third kappa shape index (κ3) is 1.50. The van der Waals surface area contributed by atoms with Gasteiger partial charge in [-0.15, -0.1) is 0 Å². The molecule has 5 heteroatoms. The van der Waals surface area contributed by atoms with Gasteiger partial charge in [0.15, 0.2) is 0 Å². The molecule has 1 aromatic heterocycles. The van der Waals surface area contributed by atoms with Crippen LogP contribution in [0.1, 0.15) is 32.1 Å². The summed E-state index contributed by atoms with van der Waals surface area (Å²) in [5, 5.41) is 8.55. The van der Waals surface area contributed by atoms with Crippen molar-refractivity contribution < 1.29 is 9.59 Å². The van der Waals surface area contributed by atoms with E-state index in [1.54, 1.807) is 26.0 Å². The molecular weight excluding hydrogens is 278 g/mol. The van der Waals surface area contributed by atoms with Gasteiger partial charge in [-0.05, 0) is 31.4 Å². The van der Waals surface area contributed by atoms with E-state index in [1.807, 2.05) is 24.3 Å². The number of carbonyl (C=O) groups excluding carboxylic acids is 2. The number of H-pyrrole nitrogens is 1. The first-order valence-corrected chi connectivity index (χ1v) is 7.01. The van der Waals surface area contributed by atoms with Crippen molar-refractivity contribution in [2.24, 2.45) is 0 Å². The Bertz CT molecular complexity index is 885. The number of carbonyl (C=O) groups is 2. The largest absolute Gasteiger partial charge is 0.280 e. The van der Waals surface area contributed by atoms with Gasteiger partial charge in [0.1, 0.15) is 0 Å². The lowest BCUT2D eigenvalue weighted by Crippen LogP contribution is -2.41. The zero-order chi connectivity index (χ0) is 15.4. The summed E-state index contributed by atoms with van der Waals surface area (Å²) in [6.07, 6.45) is 0. The Morgan fingerprint density at radius 1 is 0.955 bits per heavy atom. The van der Waals surface area contributed by atoms with E-state index in [0.29, 0.717) is 28.2 Å². The molecule has 0 radical (unpaired) electrons. The number of amides is 2. The minimum Gasteiger partial charge on any atom is -0.280 e. The number of nitrogens with zero attached hydrogens (tertiary/aromatic N) is 2. The SMILES string of the molecule is Cc1n[nH]c(C)c1N1C(=O)c2cccc3cccc(c23)C1=O. The van der Waals surface area contributed by atoms with Crippen LogP contribution < -0.4 is 4.90 Å². The Morgan fingerprint density at radius 2 is 1.55 bits per heavy atom. The highest BCUT2D eigenvalue weighted by atomic mass is 16.2. The summed E-state index contributed by atoms with van der Waals surface area (Å²) >= 11 is 0. The van der Waals surface area contributed by atoms with Gasteiger partial charge in [0.2, 0.25) is 0 Å². The second kappa shape index (κ2) is 4.27. The minimum atomic E-state index is -0.304. The topological polar surface area (TPSA) is 66.1 Å². The van der Waals surface area contributed by atoms with Gasteiger partial charge in [-0.1, -0.05) is 24.3 Å². The average molecular weight is 291 g/mol. The van der Waals surface area contributed by atoms with Gasteiger partial charge in [0.05, 0.1) is 17.1 Å². The van der Waals surface area contributed by atoms with E-state index in [1.165, 1.54) is 4.90 Å². The molecule has 0 saturated heterocycles. The van der Waals surface area contributed by atoms with E-state index in [0.717, 1.165) is 10.8 Å². The zero-order valence-electron chi connectivity index (χ0n) is 12.2. The van der Waals surface area contributed by atoms with Crippen molar-refractivity contribution in [3.63, 3.8) is 0 Å². The average Bonchev–Trinajstić information content (AvgIpc) is 2.85. The van der Waals surface area contributed by atoms with Gasteiger partial charge in [-0.3, -0.25) is 14.7 Å². The first kappa shape index (κ1) is 12.8. The lowest BCUT2D eigenvalue weighted by atomic mass is 9.93. The summed E-state index contributed by atoms with van der Waals surface area (Å²) in [6, 6.07) is 11.0. The molecule has 108 valence electrons. The van der Waals surface area contributed by atoms with Crippen LogP contribution in [-0.4, -0.2) is 22.0 Å². The normalized spacial score (nSPS) is 14.0. The second-order valence-corrected chi connectivity index (χ2v) is 5.44. The van der Waals surface area contributed by atoms with Crippen LogP contribution in [-0.2, 0) is 0 Å². The van der Waals surface area contributed by atoms with E-state index in [9.17, 15) is 9.59 Å². The van der Waals surface area contributed by atoms with E-state index in [-0.39, 0.29) is 11.8 Å². The Balaban J connectivity index is 2.04. The molecule has 0 atom stereocenters. The van der Waals surface area contributed by atoms with Crippen LogP contribution in [0.15, 0.2) is 36.4 Å². The molecule has 22 heavy (non-hydrogen) atoms. The molecule has 1 aliphatic heterocycles. The third-order valence-corrected chi connectivity index (χ3v) is 4.08. The molecule has 1 aliphatic rings. The van der Waals surface area contributed by atoms with Crippen molar-refractivity contribution in [3.05, 3.63) is 58.9 Å². The van der Waals surface area contributed by atoms with Gasteiger partial charge in [0.25, 0.3) is 11.8 Å². The van der Waals surface area contributed by atoms with Crippen LogP contribution in [0.25, 0.3) is 10.8 Å². The molecule has 0 aliphatic carbocycles. The number of aromatic amines is 1. The monoisotopic (exact) mass is 291 g/mol. The van der Waals surface area contributed by atoms with E-state index in [4.69, 9.17) is 0 Å². The fraction of sp³-hybridized carbons (Fsp3) is 0.118. The summed E-state index contributed by atoms with van der Waals surface area (Å²) in [4.78, 5) is 27.0. The summed E-state index contributed by atoms with van der Waals surface area (Å²) in [5.41, 5.74) is 2.97. The van der Waals surface area contributed by atoms with Crippen molar-refractivity contribution in [2.75, 3.05) is 4.90 Å². The molecule has 5 nitrogen and oxygen atoms in total. The highest BCUT2D eigenvalue weighted by Gasteiger charge is 2.36. The Kier molecular flexibility index (Phi) is 2.48. The lowest BCUT2D eigenvalue weighted by Gasteiger charge is -2.27. The standard InChI is InChI=1S/C17H13N3O2/c1-9-15(10(2)19-18-9)20-16(21)12-7-3-5-11-6-4-8-13(14(11)12)17(20)22/h3-8H,1-2H3,(H,18,19). The second-order valence-electron chi connectivity index (χ2n) is 5.44. The smallest absolute Gasteiger partial charge is 0.266 e. The molecule has 0 saturated carbocycles. The quantitative estimate of drug-likeness (QED) is 0.701. The summed E-state index contributed by atoms with van der Waals surface area (Å²) in [7, 11) is 0. The predicted octanol–water partition coefficient (Wildman–Crippen LogP) is 2.98. The summed E-state index contributed by atoms with van der Waals surface area (Å²) in [5.74, 6) is -0.608. The van der Waals surface area contributed by atoms with Gasteiger partial charge >= 0.3 is 0 Å². The lowest BCUT2D eigenvalue weighted by molar-refractivity contribution is 0.0893. The molecular formula is C17H13N3O2. The zero-order valence-corrected chi connectivity index (χ0v) is 12.2. The maximum Gasteiger partial charge on any atom is 0.266 e. The number of benzene rings is 2. The maximum atomic E-state index is 12.9. The molecule has 2 amide bonds. The Morgan fingerprint density at radius 3 is 2.05 bits per heavy atom. The third-order valence-electron chi connectivity index (χ3n) is 4.08.